The zero-order chi connectivity index (χ0) is 11.2. The highest BCUT2D eigenvalue weighted by atomic mass is 16.5. The summed E-state index contributed by atoms with van der Waals surface area (Å²) < 4.78 is 5.78. The fourth-order valence-corrected chi connectivity index (χ4v) is 1.64. The molecule has 0 saturated carbocycles. The van der Waals surface area contributed by atoms with Crippen molar-refractivity contribution in [1.82, 2.24) is 0 Å². The summed E-state index contributed by atoms with van der Waals surface area (Å²) in [6.45, 7) is 11.8. The van der Waals surface area contributed by atoms with E-state index in [2.05, 4.69) is 46.8 Å². The van der Waals surface area contributed by atoms with E-state index in [0.717, 1.165) is 12.4 Å². The van der Waals surface area contributed by atoms with Gasteiger partial charge in [0.25, 0.3) is 0 Å². The van der Waals surface area contributed by atoms with Crippen LogP contribution in [0.15, 0.2) is 12.1 Å². The van der Waals surface area contributed by atoms with Gasteiger partial charge in [0, 0.05) is 11.1 Å². The molecule has 0 aromatic carbocycles. The summed E-state index contributed by atoms with van der Waals surface area (Å²) in [4.78, 5) is 0. The minimum absolute atomic E-state index is 0.246. The van der Waals surface area contributed by atoms with E-state index in [9.17, 15) is 0 Å². The third-order valence-corrected chi connectivity index (χ3v) is 2.66. The van der Waals surface area contributed by atoms with Crippen molar-refractivity contribution < 1.29 is 4.74 Å². The van der Waals surface area contributed by atoms with Crippen LogP contribution >= 0.6 is 0 Å². The van der Waals surface area contributed by atoms with Crippen LogP contribution in [0.5, 0.6) is 5.75 Å². The summed E-state index contributed by atoms with van der Waals surface area (Å²) in [6, 6.07) is 4.52. The van der Waals surface area contributed by atoms with Gasteiger partial charge in [-0.25, -0.2) is 0 Å². The molecule has 0 heterocycles. The lowest BCUT2D eigenvalue weighted by Gasteiger charge is -2.16. The third-order valence-electron chi connectivity index (χ3n) is 2.66. The van der Waals surface area contributed by atoms with Crippen LogP contribution in [-0.4, -0.2) is 6.61 Å². The molecule has 2 rings (SSSR count). The van der Waals surface area contributed by atoms with Crippen molar-refractivity contribution in [3.05, 3.63) is 17.7 Å². The zero-order valence-corrected chi connectivity index (χ0v) is 10.3. The third kappa shape index (κ3) is 2.17. The SMILES string of the molecule is CC(C)c1cc2c(OCC(C)(C)C)c-2c1. The maximum atomic E-state index is 5.78. The largest absolute Gasteiger partial charge is 0.492 e. The van der Waals surface area contributed by atoms with Gasteiger partial charge in [-0.1, -0.05) is 34.6 Å². The molecular formula is C14H20O. The Hall–Kier alpha value is -0.980. The smallest absolute Gasteiger partial charge is 0.135 e. The summed E-state index contributed by atoms with van der Waals surface area (Å²) in [7, 11) is 0. The van der Waals surface area contributed by atoms with Crippen LogP contribution < -0.4 is 4.74 Å². The fourth-order valence-electron chi connectivity index (χ4n) is 1.64. The van der Waals surface area contributed by atoms with Gasteiger partial charge in [0.15, 0.2) is 0 Å². The topological polar surface area (TPSA) is 9.23 Å². The Morgan fingerprint density at radius 1 is 1.13 bits per heavy atom. The first-order valence-corrected chi connectivity index (χ1v) is 5.69. The average Bonchev–Trinajstić information content (AvgIpc) is 2.55. The number of ether oxygens (including phenoxy) is 1. The van der Waals surface area contributed by atoms with Crippen molar-refractivity contribution in [2.45, 2.75) is 40.5 Å². The molecule has 0 aromatic heterocycles. The number of fused-ring (bicyclic) bond motifs is 1. The Balaban J connectivity index is 1.98. The number of hydrogen-bond donors (Lipinski definition) is 0. The number of benzene rings is 1. The van der Waals surface area contributed by atoms with Crippen molar-refractivity contribution in [2.24, 2.45) is 5.41 Å². The lowest BCUT2D eigenvalue weighted by atomic mass is 9.99. The van der Waals surface area contributed by atoms with Gasteiger partial charge in [-0.2, -0.15) is 0 Å². The summed E-state index contributed by atoms with van der Waals surface area (Å²) in [6.07, 6.45) is 0. The van der Waals surface area contributed by atoms with Gasteiger partial charge in [-0.3, -0.25) is 0 Å². The van der Waals surface area contributed by atoms with Gasteiger partial charge in [0.1, 0.15) is 5.75 Å². The molecule has 0 aromatic rings. The van der Waals surface area contributed by atoms with Crippen molar-refractivity contribution >= 4 is 0 Å². The minimum atomic E-state index is 0.246. The molecule has 0 saturated heterocycles. The predicted octanol–water partition coefficient (Wildman–Crippen LogP) is 4.22. The molecule has 1 heteroatoms. The first-order chi connectivity index (χ1) is 6.88. The second-order valence-corrected chi connectivity index (χ2v) is 5.95. The van der Waals surface area contributed by atoms with Gasteiger partial charge in [0.2, 0.25) is 0 Å². The van der Waals surface area contributed by atoms with Crippen LogP contribution in [0, 0.1) is 5.41 Å². The second-order valence-electron chi connectivity index (χ2n) is 5.95. The minimum Gasteiger partial charge on any atom is -0.492 e. The van der Waals surface area contributed by atoms with Gasteiger partial charge < -0.3 is 4.74 Å². The van der Waals surface area contributed by atoms with Crippen molar-refractivity contribution in [2.75, 3.05) is 6.61 Å². The molecule has 82 valence electrons. The van der Waals surface area contributed by atoms with E-state index in [1.165, 1.54) is 16.7 Å². The first kappa shape index (κ1) is 10.5. The summed E-state index contributed by atoms with van der Waals surface area (Å²) in [5.41, 5.74) is 4.35. The molecule has 0 amide bonds. The summed E-state index contributed by atoms with van der Waals surface area (Å²) in [5, 5.41) is 0. The van der Waals surface area contributed by atoms with Crippen LogP contribution in [0.3, 0.4) is 0 Å². The molecule has 0 N–H and O–H groups in total. The van der Waals surface area contributed by atoms with Gasteiger partial charge >= 0.3 is 0 Å². The highest BCUT2D eigenvalue weighted by molar-refractivity contribution is 5.96. The fraction of sp³-hybridized carbons (Fsp3) is 0.571. The summed E-state index contributed by atoms with van der Waals surface area (Å²) >= 11 is 0. The van der Waals surface area contributed by atoms with Crippen LogP contribution in [0.2, 0.25) is 0 Å². The normalized spacial score (nSPS) is 13.2. The Kier molecular flexibility index (Phi) is 2.29. The molecule has 1 nitrogen and oxygen atoms in total. The molecule has 0 fully saturated rings. The zero-order valence-electron chi connectivity index (χ0n) is 10.3. The van der Waals surface area contributed by atoms with E-state index in [-0.39, 0.29) is 5.41 Å². The number of hydrogen-bond acceptors (Lipinski definition) is 1. The molecule has 0 radical (unpaired) electrons. The van der Waals surface area contributed by atoms with E-state index in [0.29, 0.717) is 5.92 Å². The molecular weight excluding hydrogens is 184 g/mol. The Morgan fingerprint density at radius 3 is 2.07 bits per heavy atom. The lowest BCUT2D eigenvalue weighted by molar-refractivity contribution is 0.204. The quantitative estimate of drug-likeness (QED) is 0.727. The Labute approximate surface area is 92.5 Å². The monoisotopic (exact) mass is 204 g/mol. The molecule has 0 bridgehead atoms. The summed E-state index contributed by atoms with van der Waals surface area (Å²) in [5.74, 6) is 1.76. The average molecular weight is 204 g/mol. The van der Waals surface area contributed by atoms with E-state index in [1.807, 2.05) is 0 Å². The van der Waals surface area contributed by atoms with Crippen LogP contribution in [-0.2, 0) is 0 Å². The maximum absolute atomic E-state index is 5.78. The highest BCUT2D eigenvalue weighted by Gasteiger charge is 2.29. The molecule has 0 spiro atoms. The second kappa shape index (κ2) is 3.26. The molecule has 2 aliphatic carbocycles. The maximum Gasteiger partial charge on any atom is 0.135 e. The molecule has 2 aliphatic rings. The van der Waals surface area contributed by atoms with E-state index in [4.69, 9.17) is 4.74 Å². The molecule has 0 atom stereocenters. The predicted molar refractivity (Wildman–Crippen MR) is 64.5 cm³/mol. The number of rotatable bonds is 3. The van der Waals surface area contributed by atoms with Gasteiger partial charge in [-0.05, 0) is 29.0 Å². The van der Waals surface area contributed by atoms with E-state index in [1.54, 1.807) is 0 Å². The van der Waals surface area contributed by atoms with Crippen LogP contribution in [0.1, 0.15) is 46.1 Å². The van der Waals surface area contributed by atoms with Crippen molar-refractivity contribution in [1.29, 1.82) is 0 Å². The Morgan fingerprint density at radius 2 is 1.67 bits per heavy atom. The molecule has 0 unspecified atom stereocenters. The first-order valence-electron chi connectivity index (χ1n) is 5.69. The Bertz CT molecular complexity index is 360. The lowest BCUT2D eigenvalue weighted by Crippen LogP contribution is -2.15. The van der Waals surface area contributed by atoms with Crippen LogP contribution in [0.4, 0.5) is 0 Å². The van der Waals surface area contributed by atoms with Gasteiger partial charge in [0.05, 0.1) is 6.61 Å². The standard InChI is InChI=1S/C14H20O/c1-9(2)10-6-11-12(7-10)13(11)15-8-14(3,4)5/h6-7,9H,8H2,1-5H3. The van der Waals surface area contributed by atoms with Gasteiger partial charge in [-0.15, -0.1) is 0 Å². The highest BCUT2D eigenvalue weighted by Crippen LogP contribution is 2.54. The van der Waals surface area contributed by atoms with Crippen molar-refractivity contribution in [3.8, 4) is 16.9 Å². The van der Waals surface area contributed by atoms with E-state index >= 15 is 0 Å². The van der Waals surface area contributed by atoms with Crippen molar-refractivity contribution in [3.63, 3.8) is 0 Å². The molecule has 0 aliphatic heterocycles. The van der Waals surface area contributed by atoms with Crippen LogP contribution in [0.25, 0.3) is 11.1 Å². The van der Waals surface area contributed by atoms with E-state index < -0.39 is 0 Å². The molecule has 15 heavy (non-hydrogen) atoms.